The van der Waals surface area contributed by atoms with Crippen LogP contribution in [0, 0.1) is 6.92 Å². The number of rotatable bonds is 6. The van der Waals surface area contributed by atoms with Crippen molar-refractivity contribution in [3.05, 3.63) is 57.8 Å². The molecule has 0 saturated carbocycles. The summed E-state index contributed by atoms with van der Waals surface area (Å²) in [6.07, 6.45) is 1.07. The zero-order valence-electron chi connectivity index (χ0n) is 13.4. The summed E-state index contributed by atoms with van der Waals surface area (Å²) in [5.41, 5.74) is 8.97. The third-order valence-electron chi connectivity index (χ3n) is 4.22. The number of benzene rings is 1. The SMILES string of the molecule is Cc1ccccc1C(C(C)N)N(C)C(C)Cc1cccs1. The van der Waals surface area contributed by atoms with Gasteiger partial charge in [0.2, 0.25) is 0 Å². The third kappa shape index (κ3) is 3.94. The van der Waals surface area contributed by atoms with Crippen LogP contribution < -0.4 is 5.73 Å². The summed E-state index contributed by atoms with van der Waals surface area (Å²) in [6, 6.07) is 13.7. The molecule has 3 atom stereocenters. The monoisotopic (exact) mass is 302 g/mol. The minimum Gasteiger partial charge on any atom is -0.326 e. The fraction of sp³-hybridized carbons (Fsp3) is 0.444. The highest BCUT2D eigenvalue weighted by atomic mass is 32.1. The van der Waals surface area contributed by atoms with Gasteiger partial charge in [-0.2, -0.15) is 0 Å². The number of likely N-dealkylation sites (N-methyl/N-ethyl adjacent to an activating group) is 1. The highest BCUT2D eigenvalue weighted by Crippen LogP contribution is 2.28. The van der Waals surface area contributed by atoms with Gasteiger partial charge in [0.15, 0.2) is 0 Å². The minimum atomic E-state index is 0.0990. The Labute approximate surface area is 132 Å². The van der Waals surface area contributed by atoms with E-state index in [-0.39, 0.29) is 12.1 Å². The predicted molar refractivity (Wildman–Crippen MR) is 92.8 cm³/mol. The Hall–Kier alpha value is -1.16. The molecule has 0 amide bonds. The van der Waals surface area contributed by atoms with Crippen molar-refractivity contribution < 1.29 is 0 Å². The van der Waals surface area contributed by atoms with Crippen LogP contribution in [0.2, 0.25) is 0 Å². The predicted octanol–water partition coefficient (Wildman–Crippen LogP) is 4.01. The van der Waals surface area contributed by atoms with E-state index in [1.807, 2.05) is 11.3 Å². The van der Waals surface area contributed by atoms with Crippen LogP contribution >= 0.6 is 11.3 Å². The van der Waals surface area contributed by atoms with Crippen molar-refractivity contribution in [1.82, 2.24) is 4.90 Å². The molecule has 21 heavy (non-hydrogen) atoms. The first-order chi connectivity index (χ1) is 10.0. The zero-order valence-corrected chi connectivity index (χ0v) is 14.2. The molecule has 0 radical (unpaired) electrons. The van der Waals surface area contributed by atoms with E-state index in [4.69, 9.17) is 5.73 Å². The van der Waals surface area contributed by atoms with Crippen LogP contribution in [0.4, 0.5) is 0 Å². The molecule has 114 valence electrons. The van der Waals surface area contributed by atoms with Gasteiger partial charge in [0.25, 0.3) is 0 Å². The van der Waals surface area contributed by atoms with Gasteiger partial charge >= 0.3 is 0 Å². The van der Waals surface area contributed by atoms with Gasteiger partial charge in [-0.3, -0.25) is 4.90 Å². The fourth-order valence-electron chi connectivity index (χ4n) is 2.93. The molecule has 1 aromatic heterocycles. The van der Waals surface area contributed by atoms with Crippen molar-refractivity contribution in [2.24, 2.45) is 5.73 Å². The van der Waals surface area contributed by atoms with Crippen LogP contribution in [0.3, 0.4) is 0 Å². The normalized spacial score (nSPS) is 15.9. The second kappa shape index (κ2) is 7.21. The van der Waals surface area contributed by atoms with E-state index in [0.29, 0.717) is 6.04 Å². The van der Waals surface area contributed by atoms with Crippen molar-refractivity contribution in [3.63, 3.8) is 0 Å². The van der Waals surface area contributed by atoms with Crippen molar-refractivity contribution in [2.75, 3.05) is 7.05 Å². The summed E-state index contributed by atoms with van der Waals surface area (Å²) >= 11 is 1.83. The summed E-state index contributed by atoms with van der Waals surface area (Å²) in [5.74, 6) is 0. The lowest BCUT2D eigenvalue weighted by molar-refractivity contribution is 0.164. The molecule has 2 N–H and O–H groups in total. The number of hydrogen-bond acceptors (Lipinski definition) is 3. The highest BCUT2D eigenvalue weighted by molar-refractivity contribution is 7.09. The summed E-state index contributed by atoms with van der Waals surface area (Å²) in [4.78, 5) is 3.86. The van der Waals surface area contributed by atoms with Crippen molar-refractivity contribution in [2.45, 2.75) is 45.3 Å². The number of nitrogens with two attached hydrogens (primary N) is 1. The minimum absolute atomic E-state index is 0.0990. The first-order valence-corrected chi connectivity index (χ1v) is 8.44. The van der Waals surface area contributed by atoms with Gasteiger partial charge in [-0.1, -0.05) is 30.3 Å². The molecule has 1 aromatic carbocycles. The third-order valence-corrected chi connectivity index (χ3v) is 5.11. The Morgan fingerprint density at radius 2 is 1.86 bits per heavy atom. The number of thiophene rings is 1. The van der Waals surface area contributed by atoms with E-state index in [0.717, 1.165) is 6.42 Å². The van der Waals surface area contributed by atoms with Crippen molar-refractivity contribution in [3.8, 4) is 0 Å². The maximum atomic E-state index is 6.31. The molecule has 0 spiro atoms. The largest absolute Gasteiger partial charge is 0.326 e. The Morgan fingerprint density at radius 1 is 1.14 bits per heavy atom. The van der Waals surface area contributed by atoms with Gasteiger partial charge in [-0.05, 0) is 56.8 Å². The number of nitrogens with zero attached hydrogens (tertiary/aromatic N) is 1. The van der Waals surface area contributed by atoms with Crippen molar-refractivity contribution in [1.29, 1.82) is 0 Å². The molecule has 3 heteroatoms. The molecule has 0 aliphatic heterocycles. The zero-order chi connectivity index (χ0) is 15.4. The van der Waals surface area contributed by atoms with E-state index in [9.17, 15) is 0 Å². The average molecular weight is 302 g/mol. The standard InChI is InChI=1S/C18H26N2S/c1-13-8-5-6-10-17(13)18(15(3)19)20(4)14(2)12-16-9-7-11-21-16/h5-11,14-15,18H,12,19H2,1-4H3. The van der Waals surface area contributed by atoms with Gasteiger partial charge in [0, 0.05) is 23.0 Å². The Kier molecular flexibility index (Phi) is 5.57. The Balaban J connectivity index is 2.19. The van der Waals surface area contributed by atoms with E-state index in [1.165, 1.54) is 16.0 Å². The first-order valence-electron chi connectivity index (χ1n) is 7.56. The van der Waals surface area contributed by atoms with Gasteiger partial charge in [-0.15, -0.1) is 11.3 Å². The second-order valence-corrected chi connectivity index (χ2v) is 6.99. The maximum absolute atomic E-state index is 6.31. The van der Waals surface area contributed by atoms with Crippen LogP contribution in [0.25, 0.3) is 0 Å². The lowest BCUT2D eigenvalue weighted by atomic mass is 9.94. The second-order valence-electron chi connectivity index (χ2n) is 5.96. The number of hydrogen-bond donors (Lipinski definition) is 1. The van der Waals surface area contributed by atoms with E-state index < -0.39 is 0 Å². The Bertz CT molecular complexity index is 548. The van der Waals surface area contributed by atoms with Crippen LogP contribution in [0.1, 0.15) is 35.9 Å². The van der Waals surface area contributed by atoms with Crippen LogP contribution in [0.15, 0.2) is 41.8 Å². The molecule has 0 fully saturated rings. The summed E-state index contributed by atoms with van der Waals surface area (Å²) in [6.45, 7) is 6.56. The molecule has 0 bridgehead atoms. The molecule has 0 aliphatic rings. The molecular formula is C18H26N2S. The highest BCUT2D eigenvalue weighted by Gasteiger charge is 2.26. The summed E-state index contributed by atoms with van der Waals surface area (Å²) < 4.78 is 0. The van der Waals surface area contributed by atoms with E-state index in [1.54, 1.807) is 0 Å². The van der Waals surface area contributed by atoms with Gasteiger partial charge < -0.3 is 5.73 Å². The smallest absolute Gasteiger partial charge is 0.0498 e. The molecular weight excluding hydrogens is 276 g/mol. The summed E-state index contributed by atoms with van der Waals surface area (Å²) in [5, 5.41) is 2.15. The molecule has 2 nitrogen and oxygen atoms in total. The molecule has 3 unspecified atom stereocenters. The quantitative estimate of drug-likeness (QED) is 0.873. The van der Waals surface area contributed by atoms with Gasteiger partial charge in [-0.25, -0.2) is 0 Å². The molecule has 0 saturated heterocycles. The Morgan fingerprint density at radius 3 is 2.43 bits per heavy atom. The lowest BCUT2D eigenvalue weighted by Crippen LogP contribution is -2.42. The van der Waals surface area contributed by atoms with E-state index in [2.05, 4.69) is 74.5 Å². The maximum Gasteiger partial charge on any atom is 0.0498 e. The summed E-state index contributed by atoms with van der Waals surface area (Å²) in [7, 11) is 2.19. The average Bonchev–Trinajstić information content (AvgIpc) is 2.93. The lowest BCUT2D eigenvalue weighted by Gasteiger charge is -2.36. The first kappa shape index (κ1) is 16.2. The molecule has 2 aromatic rings. The topological polar surface area (TPSA) is 29.3 Å². The van der Waals surface area contributed by atoms with Gasteiger partial charge in [0.05, 0.1) is 0 Å². The van der Waals surface area contributed by atoms with Crippen LogP contribution in [0.5, 0.6) is 0 Å². The van der Waals surface area contributed by atoms with Crippen molar-refractivity contribution >= 4 is 11.3 Å². The molecule has 1 heterocycles. The number of aryl methyl sites for hydroxylation is 1. The van der Waals surface area contributed by atoms with Crippen LogP contribution in [-0.2, 0) is 6.42 Å². The molecule has 0 aliphatic carbocycles. The molecule has 2 rings (SSSR count). The van der Waals surface area contributed by atoms with E-state index >= 15 is 0 Å². The van der Waals surface area contributed by atoms with Gasteiger partial charge in [0.1, 0.15) is 0 Å². The fourth-order valence-corrected chi connectivity index (χ4v) is 3.76. The van der Waals surface area contributed by atoms with Crippen LogP contribution in [-0.4, -0.2) is 24.0 Å².